The highest BCUT2D eigenvalue weighted by Crippen LogP contribution is 2.21. The SMILES string of the molecule is O=S(=O)(c1ccc(N2CCCCCC2)[nH+]c1)N1CCCCC1. The van der Waals surface area contributed by atoms with Crippen molar-refractivity contribution in [2.45, 2.75) is 49.8 Å². The van der Waals surface area contributed by atoms with Crippen LogP contribution in [0.2, 0.25) is 0 Å². The van der Waals surface area contributed by atoms with Gasteiger partial charge in [0, 0.05) is 19.2 Å². The van der Waals surface area contributed by atoms with Crippen molar-refractivity contribution < 1.29 is 13.4 Å². The molecule has 0 aromatic carbocycles. The van der Waals surface area contributed by atoms with Gasteiger partial charge in [-0.2, -0.15) is 4.31 Å². The molecule has 3 heterocycles. The first-order valence-electron chi connectivity index (χ1n) is 8.45. The van der Waals surface area contributed by atoms with Crippen LogP contribution >= 0.6 is 0 Å². The van der Waals surface area contributed by atoms with Gasteiger partial charge in [-0.25, -0.2) is 13.4 Å². The van der Waals surface area contributed by atoms with Gasteiger partial charge in [0.15, 0.2) is 0 Å². The molecule has 1 aromatic rings. The van der Waals surface area contributed by atoms with E-state index in [4.69, 9.17) is 0 Å². The normalized spacial score (nSPS) is 21.5. The molecule has 0 atom stereocenters. The fraction of sp³-hybridized carbons (Fsp3) is 0.688. The molecule has 2 saturated heterocycles. The van der Waals surface area contributed by atoms with Crippen molar-refractivity contribution in [3.05, 3.63) is 18.3 Å². The predicted octanol–water partition coefficient (Wildman–Crippen LogP) is 2.06. The Balaban J connectivity index is 1.75. The summed E-state index contributed by atoms with van der Waals surface area (Å²) in [7, 11) is -3.33. The predicted molar refractivity (Wildman–Crippen MR) is 86.3 cm³/mol. The first-order valence-corrected chi connectivity index (χ1v) is 9.89. The van der Waals surface area contributed by atoms with Gasteiger partial charge >= 0.3 is 0 Å². The van der Waals surface area contributed by atoms with E-state index in [1.165, 1.54) is 25.7 Å². The van der Waals surface area contributed by atoms with E-state index in [1.807, 2.05) is 6.07 Å². The molecule has 0 amide bonds. The van der Waals surface area contributed by atoms with Gasteiger partial charge in [0.05, 0.1) is 13.1 Å². The summed E-state index contributed by atoms with van der Waals surface area (Å²) >= 11 is 0. The molecule has 1 N–H and O–H groups in total. The smallest absolute Gasteiger partial charge is 0.262 e. The number of sulfonamides is 1. The summed E-state index contributed by atoms with van der Waals surface area (Å²) in [5.74, 6) is 1.03. The molecule has 22 heavy (non-hydrogen) atoms. The van der Waals surface area contributed by atoms with Gasteiger partial charge in [0.25, 0.3) is 5.82 Å². The summed E-state index contributed by atoms with van der Waals surface area (Å²) in [4.78, 5) is 5.91. The van der Waals surface area contributed by atoms with Gasteiger partial charge < -0.3 is 0 Å². The summed E-state index contributed by atoms with van der Waals surface area (Å²) in [5, 5.41) is 0. The third-order valence-electron chi connectivity index (χ3n) is 4.67. The highest BCUT2D eigenvalue weighted by atomic mass is 32.2. The second-order valence-corrected chi connectivity index (χ2v) is 8.21. The molecule has 3 rings (SSSR count). The van der Waals surface area contributed by atoms with Crippen molar-refractivity contribution in [3.8, 4) is 0 Å². The Labute approximate surface area is 133 Å². The standard InChI is InChI=1S/C16H25N3O2S/c20-22(21,19-12-6-3-7-13-19)15-8-9-16(17-14-15)18-10-4-1-2-5-11-18/h8-9,14H,1-7,10-13H2/p+1. The van der Waals surface area contributed by atoms with Gasteiger partial charge in [0.2, 0.25) is 10.0 Å². The Bertz CT molecular complexity index is 572. The number of rotatable bonds is 3. The molecule has 2 fully saturated rings. The van der Waals surface area contributed by atoms with E-state index >= 15 is 0 Å². The van der Waals surface area contributed by atoms with E-state index < -0.39 is 10.0 Å². The second kappa shape index (κ2) is 6.96. The Hall–Kier alpha value is -1.14. The topological polar surface area (TPSA) is 54.8 Å². The van der Waals surface area contributed by atoms with E-state index in [-0.39, 0.29) is 0 Å². The molecule has 1 aromatic heterocycles. The molecular weight excluding hydrogens is 298 g/mol. The molecule has 6 heteroatoms. The summed E-state index contributed by atoms with van der Waals surface area (Å²) in [5.41, 5.74) is 0. The minimum Gasteiger partial charge on any atom is -0.262 e. The second-order valence-electron chi connectivity index (χ2n) is 6.28. The number of nitrogens with zero attached hydrogens (tertiary/aromatic N) is 2. The van der Waals surface area contributed by atoms with Crippen molar-refractivity contribution in [1.29, 1.82) is 0 Å². The lowest BCUT2D eigenvalue weighted by atomic mass is 10.2. The van der Waals surface area contributed by atoms with Crippen LogP contribution in [0.1, 0.15) is 44.9 Å². The van der Waals surface area contributed by atoms with Gasteiger partial charge in [0.1, 0.15) is 11.1 Å². The van der Waals surface area contributed by atoms with Gasteiger partial charge in [-0.3, -0.25) is 4.90 Å². The van der Waals surface area contributed by atoms with Gasteiger partial charge in [-0.1, -0.05) is 6.42 Å². The fourth-order valence-corrected chi connectivity index (χ4v) is 4.81. The summed E-state index contributed by atoms with van der Waals surface area (Å²) in [6.07, 6.45) is 9.72. The zero-order chi connectivity index (χ0) is 15.4. The number of piperidine rings is 1. The van der Waals surface area contributed by atoms with Crippen molar-refractivity contribution in [2.75, 3.05) is 31.1 Å². The van der Waals surface area contributed by atoms with Crippen LogP contribution in [0.4, 0.5) is 5.82 Å². The molecule has 0 aliphatic carbocycles. The van der Waals surface area contributed by atoms with Crippen molar-refractivity contribution in [3.63, 3.8) is 0 Å². The lowest BCUT2D eigenvalue weighted by Crippen LogP contribution is -2.36. The van der Waals surface area contributed by atoms with E-state index in [9.17, 15) is 8.42 Å². The fourth-order valence-electron chi connectivity index (χ4n) is 3.33. The van der Waals surface area contributed by atoms with Crippen LogP contribution in [0.3, 0.4) is 0 Å². The molecule has 0 unspecified atom stereocenters. The third-order valence-corrected chi connectivity index (χ3v) is 6.56. The van der Waals surface area contributed by atoms with Crippen molar-refractivity contribution >= 4 is 15.8 Å². The minimum atomic E-state index is -3.33. The monoisotopic (exact) mass is 324 g/mol. The Morgan fingerprint density at radius 1 is 0.818 bits per heavy atom. The molecule has 0 radical (unpaired) electrons. The van der Waals surface area contributed by atoms with Crippen LogP contribution in [-0.2, 0) is 10.0 Å². The summed E-state index contributed by atoms with van der Waals surface area (Å²) in [6, 6.07) is 3.67. The molecule has 2 aliphatic rings. The average Bonchev–Trinajstić information content (AvgIpc) is 2.85. The number of pyridine rings is 1. The number of hydrogen-bond donors (Lipinski definition) is 0. The van der Waals surface area contributed by atoms with E-state index in [2.05, 4.69) is 9.88 Å². The van der Waals surface area contributed by atoms with Crippen LogP contribution in [0, 0.1) is 0 Å². The largest absolute Gasteiger partial charge is 0.274 e. The molecular formula is C16H26N3O2S+. The van der Waals surface area contributed by atoms with Gasteiger partial charge in [-0.15, -0.1) is 0 Å². The van der Waals surface area contributed by atoms with Gasteiger partial charge in [-0.05, 0) is 44.6 Å². The highest BCUT2D eigenvalue weighted by Gasteiger charge is 2.27. The number of aromatic amines is 1. The van der Waals surface area contributed by atoms with Crippen LogP contribution in [0.5, 0.6) is 0 Å². The van der Waals surface area contributed by atoms with Crippen molar-refractivity contribution in [2.24, 2.45) is 0 Å². The zero-order valence-corrected chi connectivity index (χ0v) is 13.9. The lowest BCUT2D eigenvalue weighted by Gasteiger charge is -2.25. The molecule has 0 spiro atoms. The van der Waals surface area contributed by atoms with E-state index in [0.29, 0.717) is 18.0 Å². The Kier molecular flexibility index (Phi) is 4.98. The highest BCUT2D eigenvalue weighted by molar-refractivity contribution is 7.89. The first kappa shape index (κ1) is 15.7. The average molecular weight is 324 g/mol. The Morgan fingerprint density at radius 2 is 1.41 bits per heavy atom. The molecule has 5 nitrogen and oxygen atoms in total. The lowest BCUT2D eigenvalue weighted by molar-refractivity contribution is -0.367. The number of H-pyrrole nitrogens is 1. The number of nitrogens with one attached hydrogen (secondary N) is 1. The maximum absolute atomic E-state index is 12.6. The number of anilines is 1. The van der Waals surface area contributed by atoms with Crippen LogP contribution in [-0.4, -0.2) is 38.9 Å². The first-order chi connectivity index (χ1) is 10.7. The van der Waals surface area contributed by atoms with E-state index in [1.54, 1.807) is 16.6 Å². The van der Waals surface area contributed by atoms with Crippen LogP contribution in [0.25, 0.3) is 0 Å². The molecule has 0 saturated carbocycles. The quantitative estimate of drug-likeness (QED) is 0.855. The summed E-state index contributed by atoms with van der Waals surface area (Å²) in [6.45, 7) is 3.40. The summed E-state index contributed by atoms with van der Waals surface area (Å²) < 4.78 is 26.9. The molecule has 0 bridgehead atoms. The van der Waals surface area contributed by atoms with Crippen LogP contribution in [0.15, 0.2) is 23.2 Å². The van der Waals surface area contributed by atoms with Crippen LogP contribution < -0.4 is 9.88 Å². The Morgan fingerprint density at radius 3 is 2.00 bits per heavy atom. The maximum atomic E-state index is 12.6. The minimum absolute atomic E-state index is 0.382. The molecule has 122 valence electrons. The number of hydrogen-bond acceptors (Lipinski definition) is 3. The van der Waals surface area contributed by atoms with Crippen molar-refractivity contribution in [1.82, 2.24) is 4.31 Å². The zero-order valence-electron chi connectivity index (χ0n) is 13.1. The molecule has 2 aliphatic heterocycles. The third kappa shape index (κ3) is 3.43. The van der Waals surface area contributed by atoms with E-state index in [0.717, 1.165) is 38.2 Å². The maximum Gasteiger partial charge on any atom is 0.274 e. The number of aromatic nitrogens is 1.